The molecule has 0 aliphatic carbocycles. The van der Waals surface area contributed by atoms with Crippen LogP contribution in [0.2, 0.25) is 0 Å². The molecule has 0 amide bonds. The molecule has 0 spiro atoms. The van der Waals surface area contributed by atoms with Crippen LogP contribution in [-0.4, -0.2) is 40.2 Å². The number of aliphatic hydroxyl groups excluding tert-OH is 1. The molecule has 7 heteroatoms. The molecule has 0 radical (unpaired) electrons. The van der Waals surface area contributed by atoms with E-state index in [1.807, 2.05) is 5.59 Å². The van der Waals surface area contributed by atoms with Crippen molar-refractivity contribution in [1.29, 1.82) is 0 Å². The van der Waals surface area contributed by atoms with Crippen molar-refractivity contribution in [2.75, 3.05) is 13.2 Å². The number of nitroso groups, excluding NO2 is 1. The molecule has 0 rings (SSSR count). The van der Waals surface area contributed by atoms with Gasteiger partial charge in [-0.15, -0.1) is 0 Å². The van der Waals surface area contributed by atoms with Crippen molar-refractivity contribution in [3.8, 4) is 0 Å². The highest BCUT2D eigenvalue weighted by Gasteiger charge is 2.11. The van der Waals surface area contributed by atoms with E-state index < -0.39 is 6.10 Å². The summed E-state index contributed by atoms with van der Waals surface area (Å²) in [5.41, 5.74) is 2.34. The maximum atomic E-state index is 10.7. The Bertz CT molecular complexity index is 192. The zero-order valence-electron chi connectivity index (χ0n) is 7.60. The molecule has 7 nitrogen and oxygen atoms in total. The van der Waals surface area contributed by atoms with Crippen LogP contribution in [0.5, 0.6) is 0 Å². The van der Waals surface area contributed by atoms with E-state index in [-0.39, 0.29) is 13.2 Å². The molecular weight excluding hydrogens is 178 g/mol. The van der Waals surface area contributed by atoms with E-state index in [9.17, 15) is 4.91 Å². The number of hydrazine groups is 1. The molecule has 13 heavy (non-hydrogen) atoms. The minimum Gasteiger partial charge on any atom is -0.411 e. The molecule has 0 aliphatic heterocycles. The highest BCUT2D eigenvalue weighted by Crippen LogP contribution is 1.80. The SMILES string of the molecule is C/C(CON[N+](=O)C[C@H](C)O)=N/O. The van der Waals surface area contributed by atoms with Crippen molar-refractivity contribution in [3.63, 3.8) is 0 Å². The molecule has 3 N–H and O–H groups in total. The molecule has 0 aromatic carbocycles. The van der Waals surface area contributed by atoms with Crippen molar-refractivity contribution >= 4 is 5.71 Å². The average Bonchev–Trinajstić information content (AvgIpc) is 2.02. The molecule has 0 aliphatic rings. The zero-order valence-corrected chi connectivity index (χ0v) is 7.60. The third kappa shape index (κ3) is 7.16. The molecule has 76 valence electrons. The number of hydrogen-bond donors (Lipinski definition) is 3. The van der Waals surface area contributed by atoms with E-state index in [1.165, 1.54) is 13.8 Å². The molecule has 0 heterocycles. The topological polar surface area (TPSA) is 94.2 Å². The highest BCUT2D eigenvalue weighted by atomic mass is 16.7. The molecule has 0 unspecified atom stereocenters. The Balaban J connectivity index is 3.48. The maximum Gasteiger partial charge on any atom is 0.252 e. The van der Waals surface area contributed by atoms with E-state index in [0.717, 1.165) is 0 Å². The predicted molar refractivity (Wildman–Crippen MR) is 44.2 cm³/mol. The second-order valence-electron chi connectivity index (χ2n) is 2.63. The van der Waals surface area contributed by atoms with Gasteiger partial charge in [-0.2, -0.15) is 0 Å². The van der Waals surface area contributed by atoms with Gasteiger partial charge < -0.3 is 10.3 Å². The van der Waals surface area contributed by atoms with Gasteiger partial charge in [0.15, 0.2) is 0 Å². The number of nitrogens with one attached hydrogen (secondary N) is 1. The van der Waals surface area contributed by atoms with Crippen LogP contribution in [0.3, 0.4) is 0 Å². The van der Waals surface area contributed by atoms with Crippen LogP contribution in [0, 0.1) is 4.91 Å². The highest BCUT2D eigenvalue weighted by molar-refractivity contribution is 5.82. The lowest BCUT2D eigenvalue weighted by Crippen LogP contribution is -2.33. The molecule has 1 atom stereocenters. The second kappa shape index (κ2) is 6.32. The summed E-state index contributed by atoms with van der Waals surface area (Å²) >= 11 is 0. The van der Waals surface area contributed by atoms with E-state index >= 15 is 0 Å². The van der Waals surface area contributed by atoms with Crippen molar-refractivity contribution < 1.29 is 20.0 Å². The molecular formula is C6H14N3O4+. The summed E-state index contributed by atoms with van der Waals surface area (Å²) in [5.74, 6) is 0. The molecule has 0 bridgehead atoms. The minimum atomic E-state index is -0.735. The normalized spacial score (nSPS) is 13.9. The first-order valence-electron chi connectivity index (χ1n) is 3.74. The first kappa shape index (κ1) is 11.8. The van der Waals surface area contributed by atoms with Crippen LogP contribution in [0.15, 0.2) is 5.16 Å². The summed E-state index contributed by atoms with van der Waals surface area (Å²) in [5, 5.41) is 19.8. The van der Waals surface area contributed by atoms with Crippen LogP contribution >= 0.6 is 0 Å². The van der Waals surface area contributed by atoms with Gasteiger partial charge >= 0.3 is 0 Å². The van der Waals surface area contributed by atoms with Gasteiger partial charge in [0.25, 0.3) is 6.54 Å². The Morgan fingerprint density at radius 2 is 2.38 bits per heavy atom. The van der Waals surface area contributed by atoms with Crippen LogP contribution in [-0.2, 0) is 4.84 Å². The first-order chi connectivity index (χ1) is 6.06. The fraction of sp³-hybridized carbons (Fsp3) is 0.833. The number of rotatable bonds is 6. The van der Waals surface area contributed by atoms with Crippen LogP contribution < -0.4 is 5.59 Å². The number of hydrogen-bond acceptors (Lipinski definition) is 5. The predicted octanol–water partition coefficient (Wildman–Crippen LogP) is -0.568. The quantitative estimate of drug-likeness (QED) is 0.227. The Hall–Kier alpha value is -1.21. The van der Waals surface area contributed by atoms with E-state index in [1.54, 1.807) is 0 Å². The summed E-state index contributed by atoms with van der Waals surface area (Å²) in [6.07, 6.45) is -0.735. The molecule has 0 saturated carbocycles. The van der Waals surface area contributed by atoms with Crippen molar-refractivity contribution in [2.24, 2.45) is 5.16 Å². The Morgan fingerprint density at radius 1 is 1.77 bits per heavy atom. The van der Waals surface area contributed by atoms with Gasteiger partial charge in [0.05, 0.1) is 10.6 Å². The fourth-order valence-corrected chi connectivity index (χ4v) is 0.515. The van der Waals surface area contributed by atoms with Gasteiger partial charge in [0.2, 0.25) is 0 Å². The van der Waals surface area contributed by atoms with Gasteiger partial charge in [-0.05, 0) is 19.4 Å². The van der Waals surface area contributed by atoms with Gasteiger partial charge in [0, 0.05) is 0 Å². The lowest BCUT2D eigenvalue weighted by Gasteiger charge is -1.99. The van der Waals surface area contributed by atoms with E-state index in [0.29, 0.717) is 10.6 Å². The zero-order chi connectivity index (χ0) is 10.3. The molecule has 0 aromatic rings. The van der Waals surface area contributed by atoms with Crippen molar-refractivity contribution in [2.45, 2.75) is 20.0 Å². The van der Waals surface area contributed by atoms with Crippen LogP contribution in [0.4, 0.5) is 0 Å². The van der Waals surface area contributed by atoms with Crippen LogP contribution in [0.1, 0.15) is 13.8 Å². The molecule has 0 aromatic heterocycles. The summed E-state index contributed by atoms with van der Waals surface area (Å²) in [7, 11) is 0. The largest absolute Gasteiger partial charge is 0.411 e. The Labute approximate surface area is 75.5 Å². The lowest BCUT2D eigenvalue weighted by atomic mass is 10.4. The monoisotopic (exact) mass is 192 g/mol. The van der Waals surface area contributed by atoms with E-state index in [2.05, 4.69) is 9.99 Å². The third-order valence-electron chi connectivity index (χ3n) is 1.05. The Morgan fingerprint density at radius 3 is 2.85 bits per heavy atom. The first-order valence-corrected chi connectivity index (χ1v) is 3.74. The maximum absolute atomic E-state index is 10.7. The van der Waals surface area contributed by atoms with Crippen molar-refractivity contribution in [3.05, 3.63) is 4.91 Å². The lowest BCUT2D eigenvalue weighted by molar-refractivity contribution is -0.663. The van der Waals surface area contributed by atoms with Gasteiger partial charge in [0.1, 0.15) is 17.6 Å². The number of oxime groups is 1. The number of aliphatic hydroxyl groups is 1. The standard InChI is InChI=1S/C6H13N3O4/c1-5(7-11)4-13-8-9(12)3-6(2)10/h6,10H,3-4H2,1-2H3,(H-,8,11,12)/p+1/b7-5-/t6-/m0/s1. The fourth-order valence-electron chi connectivity index (χ4n) is 0.515. The summed E-state index contributed by atoms with van der Waals surface area (Å²) in [6, 6.07) is 0. The Kier molecular flexibility index (Phi) is 5.73. The third-order valence-corrected chi connectivity index (χ3v) is 1.05. The van der Waals surface area contributed by atoms with Gasteiger partial charge in [-0.25, -0.2) is 4.84 Å². The smallest absolute Gasteiger partial charge is 0.252 e. The summed E-state index contributed by atoms with van der Waals surface area (Å²) < 4.78 is 0. The van der Waals surface area contributed by atoms with Gasteiger partial charge in [-0.3, -0.25) is 0 Å². The van der Waals surface area contributed by atoms with E-state index in [4.69, 9.17) is 10.3 Å². The summed E-state index contributed by atoms with van der Waals surface area (Å²) in [6.45, 7) is 2.91. The van der Waals surface area contributed by atoms with Crippen LogP contribution in [0.25, 0.3) is 0 Å². The average molecular weight is 192 g/mol. The minimum absolute atomic E-state index is 0.00491. The summed E-state index contributed by atoms with van der Waals surface area (Å²) in [4.78, 5) is 15.7. The number of nitrogens with zero attached hydrogens (tertiary/aromatic N) is 2. The van der Waals surface area contributed by atoms with Crippen molar-refractivity contribution in [1.82, 2.24) is 5.59 Å². The molecule has 0 fully saturated rings. The second-order valence-corrected chi connectivity index (χ2v) is 2.63. The molecule has 0 saturated heterocycles. The van der Waals surface area contributed by atoms with Gasteiger partial charge in [-0.1, -0.05) is 5.16 Å².